The van der Waals surface area contributed by atoms with E-state index >= 15 is 0 Å². The maximum Gasteiger partial charge on any atom is 0.122 e. The van der Waals surface area contributed by atoms with Crippen LogP contribution in [-0.4, -0.2) is 25.7 Å². The molecular weight excluding hydrogens is 252 g/mol. The number of ether oxygens (including phenoxy) is 2. The molecule has 4 heteroatoms. The number of nitrogens with one attached hydrogen (secondary N) is 1. The van der Waals surface area contributed by atoms with Crippen LogP contribution in [0.5, 0.6) is 11.5 Å². The molecule has 2 aromatic rings. The first-order valence-electron chi connectivity index (χ1n) is 6.64. The second-order valence-electron chi connectivity index (χ2n) is 4.42. The monoisotopic (exact) mass is 272 g/mol. The van der Waals surface area contributed by atoms with Gasteiger partial charge in [0.2, 0.25) is 0 Å². The maximum atomic E-state index is 5.34. The number of benzene rings is 1. The van der Waals surface area contributed by atoms with Crippen LogP contribution in [0, 0.1) is 0 Å². The van der Waals surface area contributed by atoms with E-state index in [-0.39, 0.29) is 6.04 Å². The lowest BCUT2D eigenvalue weighted by atomic mass is 9.99. The van der Waals surface area contributed by atoms with Crippen molar-refractivity contribution in [3.63, 3.8) is 0 Å². The molecule has 106 valence electrons. The summed E-state index contributed by atoms with van der Waals surface area (Å²) < 4.78 is 10.7. The molecule has 1 atom stereocenters. The number of rotatable bonds is 6. The van der Waals surface area contributed by atoms with E-state index in [4.69, 9.17) is 9.47 Å². The fourth-order valence-electron chi connectivity index (χ4n) is 2.18. The molecule has 0 aliphatic rings. The van der Waals surface area contributed by atoms with E-state index in [1.807, 2.05) is 30.3 Å². The molecule has 1 heterocycles. The van der Waals surface area contributed by atoms with Gasteiger partial charge in [-0.3, -0.25) is 4.98 Å². The minimum Gasteiger partial charge on any atom is -0.497 e. The SMILES string of the molecule is CCNC(c1ccncc1)c1cc(OC)cc(OC)c1. The van der Waals surface area contributed by atoms with E-state index in [0.717, 1.165) is 29.2 Å². The molecule has 0 amide bonds. The van der Waals surface area contributed by atoms with Crippen LogP contribution in [0.3, 0.4) is 0 Å². The van der Waals surface area contributed by atoms with Crippen molar-refractivity contribution in [2.45, 2.75) is 13.0 Å². The summed E-state index contributed by atoms with van der Waals surface area (Å²) in [5.74, 6) is 1.58. The van der Waals surface area contributed by atoms with Gasteiger partial charge < -0.3 is 14.8 Å². The van der Waals surface area contributed by atoms with Gasteiger partial charge in [0.05, 0.1) is 20.3 Å². The molecule has 0 aliphatic carbocycles. The average molecular weight is 272 g/mol. The summed E-state index contributed by atoms with van der Waals surface area (Å²) in [6.45, 7) is 2.96. The van der Waals surface area contributed by atoms with Gasteiger partial charge in [-0.15, -0.1) is 0 Å². The molecule has 20 heavy (non-hydrogen) atoms. The van der Waals surface area contributed by atoms with Crippen molar-refractivity contribution in [2.24, 2.45) is 0 Å². The van der Waals surface area contributed by atoms with Gasteiger partial charge in [-0.05, 0) is 41.9 Å². The van der Waals surface area contributed by atoms with E-state index in [1.54, 1.807) is 26.6 Å². The highest BCUT2D eigenvalue weighted by molar-refractivity contribution is 5.42. The molecule has 1 aromatic heterocycles. The van der Waals surface area contributed by atoms with Gasteiger partial charge in [0.15, 0.2) is 0 Å². The molecule has 0 radical (unpaired) electrons. The predicted octanol–water partition coefficient (Wildman–Crippen LogP) is 2.80. The third-order valence-corrected chi connectivity index (χ3v) is 3.15. The molecule has 0 aliphatic heterocycles. The third-order valence-electron chi connectivity index (χ3n) is 3.15. The van der Waals surface area contributed by atoms with Gasteiger partial charge in [-0.2, -0.15) is 0 Å². The van der Waals surface area contributed by atoms with Gasteiger partial charge in [-0.1, -0.05) is 6.92 Å². The van der Waals surface area contributed by atoms with Crippen molar-refractivity contribution in [3.05, 3.63) is 53.9 Å². The molecule has 2 rings (SSSR count). The highest BCUT2D eigenvalue weighted by Crippen LogP contribution is 2.29. The Morgan fingerprint density at radius 3 is 2.10 bits per heavy atom. The van der Waals surface area contributed by atoms with Gasteiger partial charge in [-0.25, -0.2) is 0 Å². The van der Waals surface area contributed by atoms with Crippen LogP contribution in [0.2, 0.25) is 0 Å². The van der Waals surface area contributed by atoms with Gasteiger partial charge in [0, 0.05) is 18.5 Å². The Bertz CT molecular complexity index is 521. The lowest BCUT2D eigenvalue weighted by Crippen LogP contribution is -2.22. The Balaban J connectivity index is 2.43. The smallest absolute Gasteiger partial charge is 0.122 e. The number of aromatic nitrogens is 1. The Morgan fingerprint density at radius 1 is 1.00 bits per heavy atom. The molecule has 0 bridgehead atoms. The van der Waals surface area contributed by atoms with Crippen LogP contribution in [0.25, 0.3) is 0 Å². The number of pyridine rings is 1. The normalized spacial score (nSPS) is 11.9. The molecule has 1 N–H and O–H groups in total. The van der Waals surface area contributed by atoms with Crippen LogP contribution in [0.1, 0.15) is 24.1 Å². The highest BCUT2D eigenvalue weighted by atomic mass is 16.5. The first-order chi connectivity index (χ1) is 9.78. The quantitative estimate of drug-likeness (QED) is 0.878. The topological polar surface area (TPSA) is 43.4 Å². The zero-order chi connectivity index (χ0) is 14.4. The number of methoxy groups -OCH3 is 2. The Morgan fingerprint density at radius 2 is 1.60 bits per heavy atom. The standard InChI is InChI=1S/C16H20N2O2/c1-4-18-16(12-5-7-17-8-6-12)13-9-14(19-2)11-15(10-13)20-3/h5-11,16,18H,4H2,1-3H3. The summed E-state index contributed by atoms with van der Waals surface area (Å²) in [4.78, 5) is 4.07. The van der Waals surface area contributed by atoms with E-state index in [1.165, 1.54) is 0 Å². The maximum absolute atomic E-state index is 5.34. The molecule has 0 saturated carbocycles. The summed E-state index contributed by atoms with van der Waals surface area (Å²) in [5, 5.41) is 3.48. The first-order valence-corrected chi connectivity index (χ1v) is 6.64. The summed E-state index contributed by atoms with van der Waals surface area (Å²) in [5.41, 5.74) is 2.27. The van der Waals surface area contributed by atoms with Gasteiger partial charge in [0.1, 0.15) is 11.5 Å². The zero-order valence-corrected chi connectivity index (χ0v) is 12.1. The largest absolute Gasteiger partial charge is 0.497 e. The molecule has 0 fully saturated rings. The molecule has 4 nitrogen and oxygen atoms in total. The van der Waals surface area contributed by atoms with E-state index in [9.17, 15) is 0 Å². The molecular formula is C16H20N2O2. The number of nitrogens with zero attached hydrogens (tertiary/aromatic N) is 1. The predicted molar refractivity (Wildman–Crippen MR) is 79.3 cm³/mol. The van der Waals surface area contributed by atoms with Crippen molar-refractivity contribution in [1.82, 2.24) is 10.3 Å². The van der Waals surface area contributed by atoms with Crippen LogP contribution in [-0.2, 0) is 0 Å². The average Bonchev–Trinajstić information content (AvgIpc) is 2.52. The van der Waals surface area contributed by atoms with E-state index < -0.39 is 0 Å². The fraction of sp³-hybridized carbons (Fsp3) is 0.312. The summed E-state index contributed by atoms with van der Waals surface area (Å²) >= 11 is 0. The minimum absolute atomic E-state index is 0.0898. The highest BCUT2D eigenvalue weighted by Gasteiger charge is 2.15. The molecule has 1 aromatic carbocycles. The minimum atomic E-state index is 0.0898. The van der Waals surface area contributed by atoms with Crippen molar-refractivity contribution in [3.8, 4) is 11.5 Å². The van der Waals surface area contributed by atoms with Crippen LogP contribution >= 0.6 is 0 Å². The van der Waals surface area contributed by atoms with Crippen molar-refractivity contribution in [2.75, 3.05) is 20.8 Å². The second kappa shape index (κ2) is 6.91. The molecule has 1 unspecified atom stereocenters. The van der Waals surface area contributed by atoms with Gasteiger partial charge in [0.25, 0.3) is 0 Å². The number of hydrogen-bond donors (Lipinski definition) is 1. The summed E-state index contributed by atoms with van der Waals surface area (Å²) in [7, 11) is 3.32. The first kappa shape index (κ1) is 14.3. The zero-order valence-electron chi connectivity index (χ0n) is 12.1. The van der Waals surface area contributed by atoms with Crippen molar-refractivity contribution in [1.29, 1.82) is 0 Å². The summed E-state index contributed by atoms with van der Waals surface area (Å²) in [6, 6.07) is 10.0. The van der Waals surface area contributed by atoms with Crippen molar-refractivity contribution >= 4 is 0 Å². The molecule has 0 spiro atoms. The van der Waals surface area contributed by atoms with E-state index in [2.05, 4.69) is 17.2 Å². The lowest BCUT2D eigenvalue weighted by Gasteiger charge is -2.20. The Kier molecular flexibility index (Phi) is 4.96. The van der Waals surface area contributed by atoms with Crippen LogP contribution in [0.4, 0.5) is 0 Å². The lowest BCUT2D eigenvalue weighted by molar-refractivity contribution is 0.392. The molecule has 0 saturated heterocycles. The summed E-state index contributed by atoms with van der Waals surface area (Å²) in [6.07, 6.45) is 3.61. The van der Waals surface area contributed by atoms with Crippen LogP contribution in [0.15, 0.2) is 42.7 Å². The van der Waals surface area contributed by atoms with Crippen molar-refractivity contribution < 1.29 is 9.47 Å². The second-order valence-corrected chi connectivity index (χ2v) is 4.42. The van der Waals surface area contributed by atoms with E-state index in [0.29, 0.717) is 0 Å². The third kappa shape index (κ3) is 3.27. The van der Waals surface area contributed by atoms with Gasteiger partial charge >= 0.3 is 0 Å². The number of hydrogen-bond acceptors (Lipinski definition) is 4. The Hall–Kier alpha value is -2.07. The fourth-order valence-corrected chi connectivity index (χ4v) is 2.18. The van der Waals surface area contributed by atoms with Crippen LogP contribution < -0.4 is 14.8 Å². The Labute approximate surface area is 119 Å².